The fourth-order valence-corrected chi connectivity index (χ4v) is 4.60. The van der Waals surface area contributed by atoms with Crippen molar-refractivity contribution in [3.8, 4) is 5.75 Å². The zero-order chi connectivity index (χ0) is 21.2. The minimum absolute atomic E-state index is 0.221. The average molecular weight is 372 g/mol. The molecule has 0 heterocycles. The van der Waals surface area contributed by atoms with E-state index < -0.39 is 25.1 Å². The zero-order valence-corrected chi connectivity index (χ0v) is 15.4. The van der Waals surface area contributed by atoms with E-state index in [4.69, 9.17) is 4.11 Å². The van der Waals surface area contributed by atoms with Crippen LogP contribution in [0, 0.1) is 17.8 Å². The molecule has 0 amide bonds. The number of rotatable bonds is 5. The Morgan fingerprint density at radius 1 is 1.00 bits per heavy atom. The number of benzene rings is 1. The van der Waals surface area contributed by atoms with Gasteiger partial charge in [0.1, 0.15) is 5.75 Å². The normalized spacial score (nSPS) is 36.6. The van der Waals surface area contributed by atoms with Crippen LogP contribution >= 0.6 is 0 Å². The summed E-state index contributed by atoms with van der Waals surface area (Å²) >= 11 is 0. The Hall–Kier alpha value is -1.19. The molecular formula is C22H31F3O. The van der Waals surface area contributed by atoms with E-state index in [2.05, 4.69) is 11.7 Å². The van der Waals surface area contributed by atoms with E-state index in [0.717, 1.165) is 18.8 Å². The topological polar surface area (TPSA) is 9.23 Å². The molecular weight excluding hydrogens is 337 g/mol. The zero-order valence-electron chi connectivity index (χ0n) is 18.4. The molecule has 0 aliphatic heterocycles. The molecule has 26 heavy (non-hydrogen) atoms. The molecule has 4 heteroatoms. The molecule has 2 fully saturated rings. The van der Waals surface area contributed by atoms with E-state index >= 15 is 0 Å². The predicted molar refractivity (Wildman–Crippen MR) is 98.2 cm³/mol. The number of hydrogen-bond donors (Lipinski definition) is 0. The number of halogens is 3. The number of hydrogen-bond acceptors (Lipinski definition) is 1. The number of alkyl halides is 3. The first kappa shape index (κ1) is 15.8. The molecule has 1 unspecified atom stereocenters. The number of ether oxygens (including phenoxy) is 1. The van der Waals surface area contributed by atoms with Crippen LogP contribution in [0.4, 0.5) is 13.2 Å². The van der Waals surface area contributed by atoms with Gasteiger partial charge in [-0.05, 0) is 79.8 Å². The standard InChI is InChI=1S/C22H31F3O/c1-2-3-16-4-6-17(7-5-16)18-8-10-19(11-9-18)20-12-14-21(15-13-20)26-22(23,24)25/h12-19H,2-11H2,1H3/t16?,17?,18-,19?/i10D,11D2/t10-,16?,17?,18-,19?/m1/s1. The van der Waals surface area contributed by atoms with Crippen molar-refractivity contribution < 1.29 is 22.0 Å². The molecule has 2 saturated carbocycles. The maximum atomic E-state index is 12.4. The van der Waals surface area contributed by atoms with Gasteiger partial charge in [-0.3, -0.25) is 0 Å². The van der Waals surface area contributed by atoms with E-state index in [1.807, 2.05) is 0 Å². The maximum absolute atomic E-state index is 12.4. The molecule has 2 aliphatic carbocycles. The van der Waals surface area contributed by atoms with Gasteiger partial charge in [-0.15, -0.1) is 13.2 Å². The van der Waals surface area contributed by atoms with Crippen molar-refractivity contribution in [2.75, 3.05) is 0 Å². The summed E-state index contributed by atoms with van der Waals surface area (Å²) in [6, 6.07) is 5.38. The molecule has 0 bridgehead atoms. The first-order chi connectivity index (χ1) is 13.6. The maximum Gasteiger partial charge on any atom is 0.573 e. The van der Waals surface area contributed by atoms with E-state index in [1.54, 1.807) is 0 Å². The monoisotopic (exact) mass is 371 g/mol. The quantitative estimate of drug-likeness (QED) is 0.522. The Kier molecular flexibility index (Phi) is 5.28. The highest BCUT2D eigenvalue weighted by atomic mass is 19.4. The molecule has 146 valence electrons. The van der Waals surface area contributed by atoms with Crippen molar-refractivity contribution in [1.82, 2.24) is 0 Å². The van der Waals surface area contributed by atoms with Gasteiger partial charge >= 0.3 is 6.36 Å². The molecule has 0 aromatic heterocycles. The van der Waals surface area contributed by atoms with Crippen molar-refractivity contribution in [2.45, 2.75) is 83.3 Å². The SMILES string of the molecule is [2H][C@@H]1C[C@@H](C2CCC(CCC)CC2)CC([2H])([2H])C1c1ccc(OC(F)(F)F)cc1. The summed E-state index contributed by atoms with van der Waals surface area (Å²) in [7, 11) is 0. The lowest BCUT2D eigenvalue weighted by Gasteiger charge is -2.38. The third-order valence-electron chi connectivity index (χ3n) is 6.00. The lowest BCUT2D eigenvalue weighted by atomic mass is 9.68. The second-order valence-electron chi connectivity index (χ2n) is 7.80. The first-order valence-corrected chi connectivity index (χ1v) is 9.87. The molecule has 0 saturated heterocycles. The summed E-state index contributed by atoms with van der Waals surface area (Å²) < 4.78 is 66.9. The summed E-state index contributed by atoms with van der Waals surface area (Å²) in [5, 5.41) is 0. The predicted octanol–water partition coefficient (Wildman–Crippen LogP) is 7.47. The van der Waals surface area contributed by atoms with Crippen molar-refractivity contribution in [3.63, 3.8) is 0 Å². The summed E-state index contributed by atoms with van der Waals surface area (Å²) in [5.41, 5.74) is 0.578. The lowest BCUT2D eigenvalue weighted by molar-refractivity contribution is -0.274. The molecule has 0 N–H and O–H groups in total. The Labute approximate surface area is 159 Å². The van der Waals surface area contributed by atoms with E-state index in [1.165, 1.54) is 49.9 Å². The highest BCUT2D eigenvalue weighted by molar-refractivity contribution is 5.29. The average Bonchev–Trinajstić information content (AvgIpc) is 2.61. The summed E-state index contributed by atoms with van der Waals surface area (Å²) in [6.07, 6.45) is 1.38. The molecule has 3 rings (SSSR count). The van der Waals surface area contributed by atoms with E-state index in [9.17, 15) is 13.2 Å². The Balaban J connectivity index is 1.66. The van der Waals surface area contributed by atoms with Crippen LogP contribution in [0.25, 0.3) is 0 Å². The third kappa shape index (κ3) is 5.40. The molecule has 1 aromatic carbocycles. The van der Waals surface area contributed by atoms with Gasteiger partial charge in [-0.1, -0.05) is 44.7 Å². The second-order valence-corrected chi connectivity index (χ2v) is 7.80. The van der Waals surface area contributed by atoms with Crippen molar-refractivity contribution in [3.05, 3.63) is 29.8 Å². The molecule has 1 nitrogen and oxygen atoms in total. The minimum atomic E-state index is -4.75. The van der Waals surface area contributed by atoms with Gasteiger partial charge in [0.2, 0.25) is 0 Å². The van der Waals surface area contributed by atoms with Crippen LogP contribution in [0.3, 0.4) is 0 Å². The van der Waals surface area contributed by atoms with E-state index in [-0.39, 0.29) is 11.7 Å². The first-order valence-electron chi connectivity index (χ1n) is 11.4. The van der Waals surface area contributed by atoms with Crippen LogP contribution < -0.4 is 4.74 Å². The Bertz CT molecular complexity index is 654. The smallest absolute Gasteiger partial charge is 0.406 e. The van der Waals surface area contributed by atoms with Gasteiger partial charge < -0.3 is 4.74 Å². The molecule has 3 atom stereocenters. The van der Waals surface area contributed by atoms with Gasteiger partial charge in [0, 0.05) is 4.11 Å². The third-order valence-corrected chi connectivity index (χ3v) is 6.00. The molecule has 0 spiro atoms. The van der Waals surface area contributed by atoms with E-state index in [0.29, 0.717) is 24.3 Å². The second kappa shape index (κ2) is 8.67. The molecule has 2 aliphatic rings. The van der Waals surface area contributed by atoms with Crippen LogP contribution in [0.5, 0.6) is 5.75 Å². The minimum Gasteiger partial charge on any atom is -0.406 e. The highest BCUT2D eigenvalue weighted by Crippen LogP contribution is 2.44. The summed E-state index contributed by atoms with van der Waals surface area (Å²) in [6.45, 7) is 2.22. The van der Waals surface area contributed by atoms with Crippen molar-refractivity contribution in [2.24, 2.45) is 17.8 Å². The highest BCUT2D eigenvalue weighted by Gasteiger charge is 2.32. The molecule has 0 radical (unpaired) electrons. The van der Waals surface area contributed by atoms with Crippen LogP contribution in [0.1, 0.15) is 86.7 Å². The lowest BCUT2D eigenvalue weighted by Crippen LogP contribution is -2.25. The van der Waals surface area contributed by atoms with Gasteiger partial charge in [-0.2, -0.15) is 0 Å². The van der Waals surface area contributed by atoms with Gasteiger partial charge in [0.15, 0.2) is 0 Å². The van der Waals surface area contributed by atoms with Crippen LogP contribution in [0.15, 0.2) is 24.3 Å². The largest absolute Gasteiger partial charge is 0.573 e. The molecule has 1 aromatic rings. The van der Waals surface area contributed by atoms with Gasteiger partial charge in [0.25, 0.3) is 0 Å². The fraction of sp³-hybridized carbons (Fsp3) is 0.727. The summed E-state index contributed by atoms with van der Waals surface area (Å²) in [4.78, 5) is 0. The van der Waals surface area contributed by atoms with Crippen molar-refractivity contribution >= 4 is 0 Å². The summed E-state index contributed by atoms with van der Waals surface area (Å²) in [5.74, 6) is 0.568. The van der Waals surface area contributed by atoms with Gasteiger partial charge in [-0.25, -0.2) is 0 Å². The van der Waals surface area contributed by atoms with Crippen molar-refractivity contribution in [1.29, 1.82) is 0 Å². The van der Waals surface area contributed by atoms with Crippen LogP contribution in [0.2, 0.25) is 0 Å². The van der Waals surface area contributed by atoms with Crippen LogP contribution in [-0.4, -0.2) is 6.36 Å². The van der Waals surface area contributed by atoms with Crippen LogP contribution in [-0.2, 0) is 0 Å². The Morgan fingerprint density at radius 2 is 1.65 bits per heavy atom. The van der Waals surface area contributed by atoms with Gasteiger partial charge in [0.05, 0.1) is 0 Å². The Morgan fingerprint density at radius 3 is 2.23 bits per heavy atom. The fourth-order valence-electron chi connectivity index (χ4n) is 4.60.